The van der Waals surface area contributed by atoms with E-state index in [1.54, 1.807) is 13.3 Å². The molecule has 1 aromatic heterocycles. The molecule has 1 aromatic carbocycles. The van der Waals surface area contributed by atoms with Gasteiger partial charge in [0.05, 0.1) is 13.2 Å². The SMILES string of the molecule is CCNC(c1cccc(Cl)c1)c1cccnc1OC. The minimum atomic E-state index is 0.0207. The van der Waals surface area contributed by atoms with Crippen molar-refractivity contribution < 1.29 is 4.74 Å². The summed E-state index contributed by atoms with van der Waals surface area (Å²) in [5.41, 5.74) is 2.11. The summed E-state index contributed by atoms with van der Waals surface area (Å²) in [6.45, 7) is 2.91. The van der Waals surface area contributed by atoms with E-state index in [1.165, 1.54) is 0 Å². The van der Waals surface area contributed by atoms with Gasteiger partial charge in [-0.05, 0) is 30.3 Å². The third kappa shape index (κ3) is 3.25. The van der Waals surface area contributed by atoms with Gasteiger partial charge in [-0.1, -0.05) is 36.7 Å². The number of pyridine rings is 1. The smallest absolute Gasteiger partial charge is 0.218 e. The first-order chi connectivity index (χ1) is 9.26. The molecule has 19 heavy (non-hydrogen) atoms. The van der Waals surface area contributed by atoms with Gasteiger partial charge in [-0.2, -0.15) is 0 Å². The number of aromatic nitrogens is 1. The molecule has 1 atom stereocenters. The van der Waals surface area contributed by atoms with Crippen LogP contribution in [-0.4, -0.2) is 18.6 Å². The second-order valence-corrected chi connectivity index (χ2v) is 4.58. The molecule has 2 rings (SSSR count). The third-order valence-corrected chi connectivity index (χ3v) is 3.13. The van der Waals surface area contributed by atoms with Gasteiger partial charge in [-0.25, -0.2) is 4.98 Å². The lowest BCUT2D eigenvalue weighted by Crippen LogP contribution is -2.22. The summed E-state index contributed by atoms with van der Waals surface area (Å²) in [7, 11) is 1.63. The summed E-state index contributed by atoms with van der Waals surface area (Å²) in [4.78, 5) is 4.25. The van der Waals surface area contributed by atoms with Crippen molar-refractivity contribution in [2.24, 2.45) is 0 Å². The number of methoxy groups -OCH3 is 1. The van der Waals surface area contributed by atoms with Crippen LogP contribution in [0.4, 0.5) is 0 Å². The Hall–Kier alpha value is -1.58. The average Bonchev–Trinajstić information content (AvgIpc) is 2.45. The Morgan fingerprint density at radius 3 is 2.84 bits per heavy atom. The highest BCUT2D eigenvalue weighted by Crippen LogP contribution is 2.29. The summed E-state index contributed by atoms with van der Waals surface area (Å²) in [5.74, 6) is 0.633. The summed E-state index contributed by atoms with van der Waals surface area (Å²) in [5, 5.41) is 4.16. The lowest BCUT2D eigenvalue weighted by molar-refractivity contribution is 0.387. The van der Waals surface area contributed by atoms with Gasteiger partial charge in [0.2, 0.25) is 5.88 Å². The van der Waals surface area contributed by atoms with E-state index in [9.17, 15) is 0 Å². The van der Waals surface area contributed by atoms with E-state index >= 15 is 0 Å². The van der Waals surface area contributed by atoms with Crippen molar-refractivity contribution in [1.29, 1.82) is 0 Å². The summed E-state index contributed by atoms with van der Waals surface area (Å²) in [6, 6.07) is 11.8. The maximum atomic E-state index is 6.08. The monoisotopic (exact) mass is 276 g/mol. The molecule has 0 spiro atoms. The average molecular weight is 277 g/mol. The molecule has 0 bridgehead atoms. The molecule has 3 nitrogen and oxygen atoms in total. The normalized spacial score (nSPS) is 12.2. The van der Waals surface area contributed by atoms with Crippen molar-refractivity contribution in [3.05, 3.63) is 58.7 Å². The third-order valence-electron chi connectivity index (χ3n) is 2.90. The van der Waals surface area contributed by atoms with Crippen LogP contribution in [0.2, 0.25) is 5.02 Å². The second kappa shape index (κ2) is 6.55. The van der Waals surface area contributed by atoms with Crippen LogP contribution in [0.1, 0.15) is 24.1 Å². The number of ether oxygens (including phenoxy) is 1. The molecule has 0 saturated carbocycles. The molecule has 0 amide bonds. The Bertz CT molecular complexity index is 545. The number of halogens is 1. The maximum Gasteiger partial charge on any atom is 0.218 e. The van der Waals surface area contributed by atoms with Crippen molar-refractivity contribution in [1.82, 2.24) is 10.3 Å². The van der Waals surface area contributed by atoms with Crippen molar-refractivity contribution in [3.63, 3.8) is 0 Å². The molecule has 1 heterocycles. The Kier molecular flexibility index (Phi) is 4.77. The summed E-state index contributed by atoms with van der Waals surface area (Å²) in [6.07, 6.45) is 1.73. The van der Waals surface area contributed by atoms with Gasteiger partial charge in [-0.3, -0.25) is 0 Å². The molecule has 1 N–H and O–H groups in total. The van der Waals surface area contributed by atoms with E-state index in [0.29, 0.717) is 5.88 Å². The van der Waals surface area contributed by atoms with E-state index < -0.39 is 0 Å². The molecule has 0 fully saturated rings. The number of rotatable bonds is 5. The van der Waals surface area contributed by atoms with Crippen LogP contribution in [0.25, 0.3) is 0 Å². The first-order valence-corrected chi connectivity index (χ1v) is 6.61. The van der Waals surface area contributed by atoms with Crippen LogP contribution in [0.15, 0.2) is 42.6 Å². The van der Waals surface area contributed by atoms with E-state index in [0.717, 1.165) is 22.7 Å². The molecular weight excluding hydrogens is 260 g/mol. The molecule has 0 radical (unpaired) electrons. The van der Waals surface area contributed by atoms with E-state index in [1.807, 2.05) is 36.4 Å². The number of hydrogen-bond acceptors (Lipinski definition) is 3. The van der Waals surface area contributed by atoms with E-state index in [4.69, 9.17) is 16.3 Å². The zero-order valence-electron chi connectivity index (χ0n) is 11.1. The first kappa shape index (κ1) is 13.8. The molecule has 0 aliphatic carbocycles. The first-order valence-electron chi connectivity index (χ1n) is 6.24. The topological polar surface area (TPSA) is 34.2 Å². The number of hydrogen-bond donors (Lipinski definition) is 1. The fourth-order valence-corrected chi connectivity index (χ4v) is 2.29. The zero-order valence-corrected chi connectivity index (χ0v) is 11.8. The quantitative estimate of drug-likeness (QED) is 0.908. The van der Waals surface area contributed by atoms with Crippen LogP contribution in [-0.2, 0) is 0 Å². The Morgan fingerprint density at radius 1 is 1.32 bits per heavy atom. The predicted molar refractivity (Wildman–Crippen MR) is 77.8 cm³/mol. The summed E-state index contributed by atoms with van der Waals surface area (Å²) >= 11 is 6.08. The van der Waals surface area contributed by atoms with Crippen molar-refractivity contribution >= 4 is 11.6 Å². The second-order valence-electron chi connectivity index (χ2n) is 4.15. The predicted octanol–water partition coefficient (Wildman–Crippen LogP) is 3.44. The number of benzene rings is 1. The molecule has 0 saturated heterocycles. The molecule has 100 valence electrons. The lowest BCUT2D eigenvalue weighted by Gasteiger charge is -2.20. The van der Waals surface area contributed by atoms with Crippen molar-refractivity contribution in [2.45, 2.75) is 13.0 Å². The zero-order chi connectivity index (χ0) is 13.7. The van der Waals surface area contributed by atoms with Crippen LogP contribution < -0.4 is 10.1 Å². The molecule has 2 aromatic rings. The standard InChI is InChI=1S/C15H17ClN2O/c1-3-17-14(11-6-4-7-12(16)10-11)13-8-5-9-18-15(13)19-2/h4-10,14,17H,3H2,1-2H3. The molecule has 1 unspecified atom stereocenters. The Balaban J connectivity index is 2.45. The van der Waals surface area contributed by atoms with Crippen LogP contribution >= 0.6 is 11.6 Å². The minimum absolute atomic E-state index is 0.0207. The summed E-state index contributed by atoms with van der Waals surface area (Å²) < 4.78 is 5.34. The van der Waals surface area contributed by atoms with Crippen LogP contribution in [0.5, 0.6) is 5.88 Å². The van der Waals surface area contributed by atoms with Gasteiger partial charge in [0.1, 0.15) is 0 Å². The largest absolute Gasteiger partial charge is 0.481 e. The van der Waals surface area contributed by atoms with Crippen LogP contribution in [0.3, 0.4) is 0 Å². The maximum absolute atomic E-state index is 6.08. The van der Waals surface area contributed by atoms with Crippen molar-refractivity contribution in [2.75, 3.05) is 13.7 Å². The molecule has 0 aliphatic heterocycles. The van der Waals surface area contributed by atoms with Gasteiger partial charge in [-0.15, -0.1) is 0 Å². The number of nitrogens with one attached hydrogen (secondary N) is 1. The van der Waals surface area contributed by atoms with Gasteiger partial charge in [0.25, 0.3) is 0 Å². The number of nitrogens with zero attached hydrogens (tertiary/aromatic N) is 1. The van der Waals surface area contributed by atoms with Crippen LogP contribution in [0, 0.1) is 0 Å². The lowest BCUT2D eigenvalue weighted by atomic mass is 9.99. The van der Waals surface area contributed by atoms with Gasteiger partial charge in [0, 0.05) is 16.8 Å². The fourth-order valence-electron chi connectivity index (χ4n) is 2.09. The highest BCUT2D eigenvalue weighted by molar-refractivity contribution is 6.30. The highest BCUT2D eigenvalue weighted by atomic mass is 35.5. The van der Waals surface area contributed by atoms with Crippen molar-refractivity contribution in [3.8, 4) is 5.88 Å². The minimum Gasteiger partial charge on any atom is -0.481 e. The van der Waals surface area contributed by atoms with E-state index in [2.05, 4.69) is 17.2 Å². The molecule has 0 aliphatic rings. The Labute approximate surface area is 118 Å². The Morgan fingerprint density at radius 2 is 2.16 bits per heavy atom. The highest BCUT2D eigenvalue weighted by Gasteiger charge is 2.18. The van der Waals surface area contributed by atoms with Gasteiger partial charge >= 0.3 is 0 Å². The van der Waals surface area contributed by atoms with Gasteiger partial charge < -0.3 is 10.1 Å². The molecular formula is C15H17ClN2O. The van der Waals surface area contributed by atoms with Gasteiger partial charge in [0.15, 0.2) is 0 Å². The molecule has 4 heteroatoms. The van der Waals surface area contributed by atoms with E-state index in [-0.39, 0.29) is 6.04 Å². The fraction of sp³-hybridized carbons (Fsp3) is 0.267.